The largest absolute Gasteiger partial charge is 0.466 e. The third kappa shape index (κ3) is 3.41. The van der Waals surface area contributed by atoms with Crippen LogP contribution in [0.1, 0.15) is 35.6 Å². The first-order chi connectivity index (χ1) is 9.51. The Morgan fingerprint density at radius 2 is 2.05 bits per heavy atom. The van der Waals surface area contributed by atoms with E-state index in [0.29, 0.717) is 17.0 Å². The lowest BCUT2D eigenvalue weighted by Crippen LogP contribution is -2.23. The number of benzene rings is 1. The van der Waals surface area contributed by atoms with Crippen LogP contribution in [0.15, 0.2) is 28.7 Å². The number of halogens is 2. The number of hydrogen-bond acceptors (Lipinski definition) is 2. The fourth-order valence-corrected chi connectivity index (χ4v) is 2.65. The van der Waals surface area contributed by atoms with E-state index in [4.69, 9.17) is 16.0 Å². The molecule has 2 rings (SSSR count). The van der Waals surface area contributed by atoms with Crippen LogP contribution in [-0.4, -0.2) is 6.54 Å². The zero-order chi connectivity index (χ0) is 14.7. The van der Waals surface area contributed by atoms with E-state index in [1.165, 1.54) is 6.07 Å². The Hall–Kier alpha value is -1.32. The third-order valence-corrected chi connectivity index (χ3v) is 3.57. The van der Waals surface area contributed by atoms with E-state index in [2.05, 4.69) is 5.32 Å². The maximum Gasteiger partial charge on any atom is 0.126 e. The molecule has 0 amide bonds. The maximum absolute atomic E-state index is 13.9. The third-order valence-electron chi connectivity index (χ3n) is 3.34. The number of hydrogen-bond donors (Lipinski definition) is 1. The van der Waals surface area contributed by atoms with Gasteiger partial charge in [0.1, 0.15) is 17.3 Å². The highest BCUT2D eigenvalue weighted by Gasteiger charge is 2.18. The van der Waals surface area contributed by atoms with Crippen LogP contribution in [0.5, 0.6) is 0 Å². The number of rotatable bonds is 5. The quantitative estimate of drug-likeness (QED) is 0.873. The van der Waals surface area contributed by atoms with Gasteiger partial charge in [-0.1, -0.05) is 18.5 Å². The molecule has 0 aliphatic heterocycles. The van der Waals surface area contributed by atoms with Crippen molar-refractivity contribution in [1.82, 2.24) is 5.32 Å². The molecule has 4 heteroatoms. The fourth-order valence-electron chi connectivity index (χ4n) is 2.45. The Balaban J connectivity index is 2.30. The molecule has 0 bridgehead atoms. The monoisotopic (exact) mass is 295 g/mol. The van der Waals surface area contributed by atoms with E-state index in [-0.39, 0.29) is 11.9 Å². The van der Waals surface area contributed by atoms with Crippen LogP contribution < -0.4 is 5.32 Å². The summed E-state index contributed by atoms with van der Waals surface area (Å²) in [5.74, 6) is 1.51. The van der Waals surface area contributed by atoms with Gasteiger partial charge in [-0.3, -0.25) is 0 Å². The molecule has 2 nitrogen and oxygen atoms in total. The van der Waals surface area contributed by atoms with Gasteiger partial charge in [0.2, 0.25) is 0 Å². The minimum absolute atomic E-state index is 0.0189. The lowest BCUT2D eigenvalue weighted by Gasteiger charge is -2.18. The van der Waals surface area contributed by atoms with Crippen LogP contribution in [0.2, 0.25) is 5.02 Å². The minimum atomic E-state index is -0.227. The van der Waals surface area contributed by atoms with Crippen LogP contribution in [0.4, 0.5) is 4.39 Å². The molecule has 0 fully saturated rings. The van der Waals surface area contributed by atoms with E-state index < -0.39 is 0 Å². The zero-order valence-corrected chi connectivity index (χ0v) is 12.7. The van der Waals surface area contributed by atoms with E-state index in [9.17, 15) is 4.39 Å². The lowest BCUT2D eigenvalue weighted by atomic mass is 9.98. The first-order valence-electron chi connectivity index (χ1n) is 6.75. The van der Waals surface area contributed by atoms with E-state index in [0.717, 1.165) is 23.6 Å². The Bertz CT molecular complexity index is 594. The summed E-state index contributed by atoms with van der Waals surface area (Å²) < 4.78 is 19.5. The molecule has 0 aliphatic rings. The Morgan fingerprint density at radius 3 is 2.65 bits per heavy atom. The summed E-state index contributed by atoms with van der Waals surface area (Å²) in [7, 11) is 0. The Morgan fingerprint density at radius 1 is 1.30 bits per heavy atom. The smallest absolute Gasteiger partial charge is 0.126 e. The molecular weight excluding hydrogens is 277 g/mol. The molecule has 0 aliphatic carbocycles. The summed E-state index contributed by atoms with van der Waals surface area (Å²) in [5.41, 5.74) is 1.69. The summed E-state index contributed by atoms with van der Waals surface area (Å²) in [6, 6.07) is 6.68. The number of nitrogens with one attached hydrogen (secondary N) is 1. The van der Waals surface area contributed by atoms with Gasteiger partial charge in [0.05, 0.1) is 0 Å². The molecule has 0 saturated carbocycles. The van der Waals surface area contributed by atoms with Crippen LogP contribution in [0.3, 0.4) is 0 Å². The van der Waals surface area contributed by atoms with E-state index in [1.807, 2.05) is 26.8 Å². The summed E-state index contributed by atoms with van der Waals surface area (Å²) in [6.07, 6.45) is 0.542. The molecule has 1 aromatic heterocycles. The molecule has 0 saturated heterocycles. The lowest BCUT2D eigenvalue weighted by molar-refractivity contribution is 0.481. The minimum Gasteiger partial charge on any atom is -0.466 e. The molecule has 20 heavy (non-hydrogen) atoms. The summed E-state index contributed by atoms with van der Waals surface area (Å²) in [4.78, 5) is 0. The van der Waals surface area contributed by atoms with Gasteiger partial charge in [-0.25, -0.2) is 4.39 Å². The molecular formula is C16H19ClFNO. The highest BCUT2D eigenvalue weighted by atomic mass is 35.5. The summed E-state index contributed by atoms with van der Waals surface area (Å²) in [5, 5.41) is 3.93. The predicted octanol–water partition coefficient (Wildman–Crippen LogP) is 4.58. The molecule has 2 aromatic rings. The SMILES string of the molecule is CCNC(Cc1cc(Cl)ccc1F)c1cc(C)oc1C. The van der Waals surface area contributed by atoms with E-state index in [1.54, 1.807) is 12.1 Å². The van der Waals surface area contributed by atoms with Gasteiger partial charge in [0, 0.05) is 16.6 Å². The van der Waals surface area contributed by atoms with Crippen molar-refractivity contribution in [1.29, 1.82) is 0 Å². The second kappa shape index (κ2) is 6.42. The molecule has 1 heterocycles. The highest BCUT2D eigenvalue weighted by Crippen LogP contribution is 2.26. The Kier molecular flexibility index (Phi) is 4.84. The van der Waals surface area contributed by atoms with Crippen molar-refractivity contribution >= 4 is 11.6 Å². The van der Waals surface area contributed by atoms with Crippen LogP contribution in [0, 0.1) is 19.7 Å². The van der Waals surface area contributed by atoms with Crippen molar-refractivity contribution in [2.24, 2.45) is 0 Å². The van der Waals surface area contributed by atoms with Crippen molar-refractivity contribution < 1.29 is 8.81 Å². The molecule has 108 valence electrons. The molecule has 1 aromatic carbocycles. The second-order valence-electron chi connectivity index (χ2n) is 4.92. The number of furan rings is 1. The average Bonchev–Trinajstić information content (AvgIpc) is 2.72. The van der Waals surface area contributed by atoms with Gasteiger partial charge in [0.25, 0.3) is 0 Å². The number of aryl methyl sites for hydroxylation is 2. The van der Waals surface area contributed by atoms with Gasteiger partial charge < -0.3 is 9.73 Å². The van der Waals surface area contributed by atoms with Crippen LogP contribution >= 0.6 is 11.6 Å². The zero-order valence-electron chi connectivity index (χ0n) is 12.0. The molecule has 0 radical (unpaired) electrons. The first kappa shape index (κ1) is 15.1. The topological polar surface area (TPSA) is 25.2 Å². The Labute approximate surface area is 123 Å². The maximum atomic E-state index is 13.9. The fraction of sp³-hybridized carbons (Fsp3) is 0.375. The predicted molar refractivity (Wildman–Crippen MR) is 79.7 cm³/mol. The van der Waals surface area contributed by atoms with Crippen molar-refractivity contribution in [2.45, 2.75) is 33.2 Å². The van der Waals surface area contributed by atoms with Gasteiger partial charge in [-0.2, -0.15) is 0 Å². The van der Waals surface area contributed by atoms with Gasteiger partial charge >= 0.3 is 0 Å². The van der Waals surface area contributed by atoms with Crippen molar-refractivity contribution in [3.05, 3.63) is 57.8 Å². The highest BCUT2D eigenvalue weighted by molar-refractivity contribution is 6.30. The van der Waals surface area contributed by atoms with Gasteiger partial charge in [-0.05, 0) is 56.6 Å². The van der Waals surface area contributed by atoms with Crippen molar-refractivity contribution in [3.8, 4) is 0 Å². The molecule has 0 spiro atoms. The molecule has 1 atom stereocenters. The summed E-state index contributed by atoms with van der Waals surface area (Å²) in [6.45, 7) is 6.68. The standard InChI is InChI=1S/C16H19ClFNO/c1-4-19-16(14-7-10(2)20-11(14)3)9-12-8-13(17)5-6-15(12)18/h5-8,16,19H,4,9H2,1-3H3. The van der Waals surface area contributed by atoms with Gasteiger partial charge in [0.15, 0.2) is 0 Å². The van der Waals surface area contributed by atoms with Crippen molar-refractivity contribution in [3.63, 3.8) is 0 Å². The van der Waals surface area contributed by atoms with Crippen LogP contribution in [-0.2, 0) is 6.42 Å². The van der Waals surface area contributed by atoms with Crippen LogP contribution in [0.25, 0.3) is 0 Å². The summed E-state index contributed by atoms with van der Waals surface area (Å²) >= 11 is 5.95. The van der Waals surface area contributed by atoms with Gasteiger partial charge in [-0.15, -0.1) is 0 Å². The first-order valence-corrected chi connectivity index (χ1v) is 7.13. The molecule has 1 N–H and O–H groups in total. The van der Waals surface area contributed by atoms with Crippen molar-refractivity contribution in [2.75, 3.05) is 6.54 Å². The molecule has 1 unspecified atom stereocenters. The van der Waals surface area contributed by atoms with E-state index >= 15 is 0 Å². The second-order valence-corrected chi connectivity index (χ2v) is 5.36. The normalized spacial score (nSPS) is 12.7. The average molecular weight is 296 g/mol. The number of likely N-dealkylation sites (N-methyl/N-ethyl adjacent to an activating group) is 1.